The highest BCUT2D eigenvalue weighted by molar-refractivity contribution is 6.30. The number of halogens is 2. The summed E-state index contributed by atoms with van der Waals surface area (Å²) in [7, 11) is 0. The van der Waals surface area contributed by atoms with Crippen LogP contribution in [0.5, 0.6) is 0 Å². The Morgan fingerprint density at radius 2 is 2.17 bits per heavy atom. The van der Waals surface area contributed by atoms with Crippen molar-refractivity contribution in [2.75, 3.05) is 6.54 Å². The molecule has 118 valence electrons. The minimum Gasteiger partial charge on any atom is -0.325 e. The molecule has 0 radical (unpaired) electrons. The van der Waals surface area contributed by atoms with E-state index in [-0.39, 0.29) is 11.9 Å². The molecule has 3 aromatic rings. The van der Waals surface area contributed by atoms with Crippen LogP contribution in [0.15, 0.2) is 36.4 Å². The first kappa shape index (κ1) is 14.7. The second-order valence-electron chi connectivity index (χ2n) is 5.99. The van der Waals surface area contributed by atoms with Crippen LogP contribution in [0.25, 0.3) is 11.0 Å². The lowest BCUT2D eigenvalue weighted by Gasteiger charge is -2.21. The van der Waals surface area contributed by atoms with Crippen LogP contribution in [-0.2, 0) is 13.0 Å². The van der Waals surface area contributed by atoms with Gasteiger partial charge in [-0.05, 0) is 36.2 Å². The van der Waals surface area contributed by atoms with Crippen LogP contribution >= 0.6 is 11.6 Å². The van der Waals surface area contributed by atoms with Gasteiger partial charge in [0, 0.05) is 24.5 Å². The summed E-state index contributed by atoms with van der Waals surface area (Å²) in [4.78, 5) is 4.83. The number of fused-ring (bicyclic) bond motifs is 3. The summed E-state index contributed by atoms with van der Waals surface area (Å²) in [6.45, 7) is 3.97. The average molecular weight is 330 g/mol. The highest BCUT2D eigenvalue weighted by Crippen LogP contribution is 2.27. The highest BCUT2D eigenvalue weighted by atomic mass is 35.5. The average Bonchev–Trinajstić information content (AvgIpc) is 2.91. The molecule has 0 aliphatic carbocycles. The molecule has 1 aliphatic rings. The van der Waals surface area contributed by atoms with Gasteiger partial charge < -0.3 is 9.88 Å². The maximum Gasteiger partial charge on any atom is 0.128 e. The number of nitrogens with zero attached hydrogens (tertiary/aromatic N) is 2. The minimum absolute atomic E-state index is 0.233. The summed E-state index contributed by atoms with van der Waals surface area (Å²) in [6, 6.07) is 11.2. The predicted octanol–water partition coefficient (Wildman–Crippen LogP) is 4.08. The number of aromatic nitrogens is 2. The number of para-hydroxylation sites is 1. The van der Waals surface area contributed by atoms with E-state index in [9.17, 15) is 4.39 Å². The van der Waals surface area contributed by atoms with Crippen molar-refractivity contribution in [1.82, 2.24) is 14.9 Å². The summed E-state index contributed by atoms with van der Waals surface area (Å²) in [5.41, 5.74) is 3.77. The molecule has 1 aromatic heterocycles. The third-order valence-corrected chi connectivity index (χ3v) is 4.70. The van der Waals surface area contributed by atoms with Crippen molar-refractivity contribution in [3.8, 4) is 0 Å². The van der Waals surface area contributed by atoms with Gasteiger partial charge in [0.15, 0.2) is 0 Å². The molecule has 23 heavy (non-hydrogen) atoms. The van der Waals surface area contributed by atoms with E-state index >= 15 is 0 Å². The fourth-order valence-corrected chi connectivity index (χ4v) is 3.44. The molecule has 0 fully saturated rings. The molecule has 2 aromatic carbocycles. The largest absolute Gasteiger partial charge is 0.325 e. The van der Waals surface area contributed by atoms with Gasteiger partial charge in [0.25, 0.3) is 0 Å². The van der Waals surface area contributed by atoms with Crippen LogP contribution < -0.4 is 5.32 Å². The molecule has 1 unspecified atom stereocenters. The lowest BCUT2D eigenvalue weighted by molar-refractivity contribution is 0.443. The topological polar surface area (TPSA) is 29.9 Å². The third kappa shape index (κ3) is 2.52. The summed E-state index contributed by atoms with van der Waals surface area (Å²) >= 11 is 5.84. The van der Waals surface area contributed by atoms with Crippen LogP contribution in [0.4, 0.5) is 4.39 Å². The maximum absolute atomic E-state index is 14.1. The lowest BCUT2D eigenvalue weighted by atomic mass is 10.0. The first-order chi connectivity index (χ1) is 11.1. The Morgan fingerprint density at radius 1 is 1.30 bits per heavy atom. The van der Waals surface area contributed by atoms with Gasteiger partial charge in [-0.1, -0.05) is 29.8 Å². The number of hydrogen-bond donors (Lipinski definition) is 1. The van der Waals surface area contributed by atoms with Crippen molar-refractivity contribution in [3.63, 3.8) is 0 Å². The fourth-order valence-electron chi connectivity index (χ4n) is 3.29. The Hall–Kier alpha value is -1.91. The fraction of sp³-hybridized carbons (Fsp3) is 0.278. The van der Waals surface area contributed by atoms with Gasteiger partial charge in [0.1, 0.15) is 11.6 Å². The number of nitrogens with one attached hydrogen (secondary N) is 1. The van der Waals surface area contributed by atoms with Gasteiger partial charge in [0.2, 0.25) is 0 Å². The van der Waals surface area contributed by atoms with Gasteiger partial charge in [-0.15, -0.1) is 0 Å². The zero-order valence-electron chi connectivity index (χ0n) is 12.8. The van der Waals surface area contributed by atoms with Crippen molar-refractivity contribution in [1.29, 1.82) is 0 Å². The van der Waals surface area contributed by atoms with E-state index in [0.717, 1.165) is 35.5 Å². The number of benzene rings is 2. The molecule has 0 saturated carbocycles. The summed E-state index contributed by atoms with van der Waals surface area (Å²) in [5.74, 6) is 0.781. The van der Waals surface area contributed by atoms with Crippen molar-refractivity contribution in [2.45, 2.75) is 25.9 Å². The SMILES string of the molecule is CC1NCCn2c1nc1c(Cc3ccc(Cl)cc3F)cccc12. The second-order valence-corrected chi connectivity index (χ2v) is 6.43. The first-order valence-corrected chi connectivity index (χ1v) is 8.16. The zero-order chi connectivity index (χ0) is 16.0. The molecule has 0 bridgehead atoms. The Morgan fingerprint density at radius 3 is 3.00 bits per heavy atom. The van der Waals surface area contributed by atoms with E-state index < -0.39 is 0 Å². The molecular weight excluding hydrogens is 313 g/mol. The predicted molar refractivity (Wildman–Crippen MR) is 90.4 cm³/mol. The van der Waals surface area contributed by atoms with E-state index in [0.29, 0.717) is 17.0 Å². The Balaban J connectivity index is 1.81. The normalized spacial score (nSPS) is 17.4. The van der Waals surface area contributed by atoms with Crippen LogP contribution in [0.2, 0.25) is 5.02 Å². The molecular formula is C18H17ClFN3. The lowest BCUT2D eigenvalue weighted by Crippen LogP contribution is -2.31. The van der Waals surface area contributed by atoms with Crippen LogP contribution in [0, 0.1) is 5.82 Å². The summed E-state index contributed by atoms with van der Waals surface area (Å²) in [6.07, 6.45) is 0.513. The summed E-state index contributed by atoms with van der Waals surface area (Å²) in [5, 5.41) is 3.84. The third-order valence-electron chi connectivity index (χ3n) is 4.46. The van der Waals surface area contributed by atoms with E-state index in [1.165, 1.54) is 6.07 Å². The van der Waals surface area contributed by atoms with E-state index in [1.807, 2.05) is 12.1 Å². The standard InChI is InChI=1S/C18H17ClFN3/c1-11-18-22-17-13(9-12-5-6-14(19)10-15(12)20)3-2-4-16(17)23(18)8-7-21-11/h2-6,10-11,21H,7-9H2,1H3. The van der Waals surface area contributed by atoms with Gasteiger partial charge >= 0.3 is 0 Å². The molecule has 1 atom stereocenters. The Bertz CT molecular complexity index is 887. The quantitative estimate of drug-likeness (QED) is 0.767. The molecule has 1 N–H and O–H groups in total. The number of rotatable bonds is 2. The van der Waals surface area contributed by atoms with Crippen molar-refractivity contribution in [2.24, 2.45) is 0 Å². The van der Waals surface area contributed by atoms with Crippen molar-refractivity contribution < 1.29 is 4.39 Å². The van der Waals surface area contributed by atoms with Crippen LogP contribution in [-0.4, -0.2) is 16.1 Å². The monoisotopic (exact) mass is 329 g/mol. The van der Waals surface area contributed by atoms with Gasteiger partial charge in [-0.2, -0.15) is 0 Å². The number of imidazole rings is 1. The van der Waals surface area contributed by atoms with Crippen LogP contribution in [0.3, 0.4) is 0 Å². The van der Waals surface area contributed by atoms with E-state index in [4.69, 9.17) is 16.6 Å². The molecule has 4 rings (SSSR count). The highest BCUT2D eigenvalue weighted by Gasteiger charge is 2.21. The van der Waals surface area contributed by atoms with Crippen molar-refractivity contribution in [3.05, 3.63) is 64.2 Å². The van der Waals surface area contributed by atoms with Gasteiger partial charge in [-0.25, -0.2) is 9.37 Å². The summed E-state index contributed by atoms with van der Waals surface area (Å²) < 4.78 is 16.4. The van der Waals surface area contributed by atoms with Crippen molar-refractivity contribution >= 4 is 22.6 Å². The molecule has 1 aliphatic heterocycles. The minimum atomic E-state index is -0.270. The smallest absolute Gasteiger partial charge is 0.128 e. The molecule has 0 spiro atoms. The van der Waals surface area contributed by atoms with E-state index in [1.54, 1.807) is 12.1 Å². The zero-order valence-corrected chi connectivity index (χ0v) is 13.6. The molecule has 3 nitrogen and oxygen atoms in total. The Kier molecular flexibility index (Phi) is 3.58. The molecule has 0 saturated heterocycles. The van der Waals surface area contributed by atoms with Crippen LogP contribution in [0.1, 0.15) is 29.9 Å². The van der Waals surface area contributed by atoms with Gasteiger partial charge in [-0.3, -0.25) is 0 Å². The Labute approximate surface area is 139 Å². The molecule has 2 heterocycles. The first-order valence-electron chi connectivity index (χ1n) is 7.79. The molecule has 0 amide bonds. The van der Waals surface area contributed by atoms with E-state index in [2.05, 4.69) is 22.9 Å². The van der Waals surface area contributed by atoms with Gasteiger partial charge in [0.05, 0.1) is 17.1 Å². The second kappa shape index (κ2) is 5.62. The molecule has 5 heteroatoms. The number of hydrogen-bond acceptors (Lipinski definition) is 2. The maximum atomic E-state index is 14.1.